The lowest BCUT2D eigenvalue weighted by atomic mass is 10.2. The molecule has 136 valence electrons. The van der Waals surface area contributed by atoms with Crippen LogP contribution >= 0.6 is 0 Å². The molecule has 1 heterocycles. The largest absolute Gasteiger partial charge is 0.441 e. The van der Waals surface area contributed by atoms with E-state index < -0.39 is 0 Å². The molecule has 0 N–H and O–H groups in total. The third-order valence-electron chi connectivity index (χ3n) is 3.97. The molecule has 0 aliphatic heterocycles. The van der Waals surface area contributed by atoms with E-state index in [-0.39, 0.29) is 12.3 Å². The van der Waals surface area contributed by atoms with Crippen LogP contribution in [0.15, 0.2) is 34.7 Å². The summed E-state index contributed by atoms with van der Waals surface area (Å²) in [5, 5.41) is 0. The number of rotatable bonds is 9. The molecule has 0 fully saturated rings. The first-order valence-electron chi connectivity index (χ1n) is 8.44. The number of aromatic nitrogens is 1. The fraction of sp³-hybridized carbons (Fsp3) is 0.474. The van der Waals surface area contributed by atoms with Crippen LogP contribution in [0, 0.1) is 6.92 Å². The maximum atomic E-state index is 12.7. The molecule has 1 amide bonds. The van der Waals surface area contributed by atoms with Gasteiger partial charge in [0.1, 0.15) is 5.76 Å². The summed E-state index contributed by atoms with van der Waals surface area (Å²) in [5.74, 6) is 1.28. The summed E-state index contributed by atoms with van der Waals surface area (Å²) in [6, 6.07) is 9.71. The van der Waals surface area contributed by atoms with Crippen molar-refractivity contribution in [2.75, 3.05) is 47.4 Å². The molecule has 0 spiro atoms. The van der Waals surface area contributed by atoms with Gasteiger partial charge in [-0.05, 0) is 33.2 Å². The summed E-state index contributed by atoms with van der Waals surface area (Å²) >= 11 is 0. The highest BCUT2D eigenvalue weighted by molar-refractivity contribution is 5.78. The van der Waals surface area contributed by atoms with Gasteiger partial charge in [0.05, 0.1) is 18.7 Å². The van der Waals surface area contributed by atoms with Crippen LogP contribution in [0.25, 0.3) is 11.5 Å². The minimum Gasteiger partial charge on any atom is -0.441 e. The Balaban J connectivity index is 2.08. The van der Waals surface area contributed by atoms with E-state index >= 15 is 0 Å². The zero-order valence-electron chi connectivity index (χ0n) is 15.5. The van der Waals surface area contributed by atoms with Crippen LogP contribution in [0.5, 0.6) is 0 Å². The van der Waals surface area contributed by atoms with Gasteiger partial charge in [0.2, 0.25) is 11.8 Å². The summed E-state index contributed by atoms with van der Waals surface area (Å²) in [6.07, 6.45) is 0.235. The summed E-state index contributed by atoms with van der Waals surface area (Å²) in [4.78, 5) is 21.1. The average molecular weight is 345 g/mol. The number of nitrogens with zero attached hydrogens (tertiary/aromatic N) is 3. The fourth-order valence-corrected chi connectivity index (χ4v) is 2.43. The van der Waals surface area contributed by atoms with Crippen molar-refractivity contribution in [3.63, 3.8) is 0 Å². The lowest BCUT2D eigenvalue weighted by Crippen LogP contribution is -2.39. The molecule has 25 heavy (non-hydrogen) atoms. The summed E-state index contributed by atoms with van der Waals surface area (Å²) in [6.45, 7) is 4.42. The number of hydrogen-bond donors (Lipinski definition) is 0. The number of carbonyl (C=O) groups excluding carboxylic acids is 1. The molecule has 0 aliphatic rings. The van der Waals surface area contributed by atoms with E-state index in [1.807, 2.05) is 56.3 Å². The van der Waals surface area contributed by atoms with Gasteiger partial charge in [-0.1, -0.05) is 18.2 Å². The smallest absolute Gasteiger partial charge is 0.228 e. The van der Waals surface area contributed by atoms with E-state index in [2.05, 4.69) is 9.88 Å². The molecule has 1 aromatic carbocycles. The highest BCUT2D eigenvalue weighted by Crippen LogP contribution is 2.21. The number of carbonyl (C=O) groups is 1. The van der Waals surface area contributed by atoms with Crippen molar-refractivity contribution in [1.82, 2.24) is 14.8 Å². The normalized spacial score (nSPS) is 11.1. The van der Waals surface area contributed by atoms with Crippen LogP contribution in [0.1, 0.15) is 11.5 Å². The van der Waals surface area contributed by atoms with Crippen LogP contribution in [0.2, 0.25) is 0 Å². The summed E-state index contributed by atoms with van der Waals surface area (Å²) < 4.78 is 10.9. The van der Waals surface area contributed by atoms with Crippen molar-refractivity contribution in [3.05, 3.63) is 41.8 Å². The third-order valence-corrected chi connectivity index (χ3v) is 3.97. The summed E-state index contributed by atoms with van der Waals surface area (Å²) in [5.41, 5.74) is 1.60. The molecule has 0 unspecified atom stereocenters. The minimum absolute atomic E-state index is 0.0370. The zero-order chi connectivity index (χ0) is 18.2. The number of hydrogen-bond acceptors (Lipinski definition) is 5. The topological polar surface area (TPSA) is 58.8 Å². The number of aryl methyl sites for hydroxylation is 1. The number of likely N-dealkylation sites (N-methyl/N-ethyl adjacent to an activating group) is 1. The van der Waals surface area contributed by atoms with Gasteiger partial charge in [0.15, 0.2) is 0 Å². The van der Waals surface area contributed by atoms with Gasteiger partial charge in [-0.2, -0.15) is 0 Å². The fourth-order valence-electron chi connectivity index (χ4n) is 2.43. The molecule has 0 bridgehead atoms. The molecule has 0 saturated carbocycles. The van der Waals surface area contributed by atoms with Crippen LogP contribution in [0.4, 0.5) is 0 Å². The number of benzene rings is 1. The second kappa shape index (κ2) is 9.34. The average Bonchev–Trinajstić information content (AvgIpc) is 2.96. The first-order valence-corrected chi connectivity index (χ1v) is 8.44. The maximum Gasteiger partial charge on any atom is 0.228 e. The van der Waals surface area contributed by atoms with Gasteiger partial charge >= 0.3 is 0 Å². The second-order valence-corrected chi connectivity index (χ2v) is 6.24. The number of amides is 1. The van der Waals surface area contributed by atoms with Crippen LogP contribution in [-0.4, -0.2) is 68.1 Å². The Labute approximate surface area is 149 Å². The van der Waals surface area contributed by atoms with Crippen LogP contribution < -0.4 is 0 Å². The molecule has 2 rings (SSSR count). The number of oxazole rings is 1. The van der Waals surface area contributed by atoms with Crippen LogP contribution in [-0.2, 0) is 16.0 Å². The van der Waals surface area contributed by atoms with Gasteiger partial charge in [-0.25, -0.2) is 4.98 Å². The molecule has 6 heteroatoms. The highest BCUT2D eigenvalue weighted by atomic mass is 16.5. The van der Waals surface area contributed by atoms with Crippen molar-refractivity contribution >= 4 is 5.91 Å². The lowest BCUT2D eigenvalue weighted by molar-refractivity contribution is -0.131. The Morgan fingerprint density at radius 2 is 1.88 bits per heavy atom. The van der Waals surface area contributed by atoms with E-state index in [1.165, 1.54) is 0 Å². The SMILES string of the molecule is COCCN(CCN(C)C)C(=O)Cc1nc(-c2ccccc2)oc1C. The van der Waals surface area contributed by atoms with Gasteiger partial charge in [0, 0.05) is 32.3 Å². The van der Waals surface area contributed by atoms with E-state index in [0.29, 0.717) is 37.0 Å². The highest BCUT2D eigenvalue weighted by Gasteiger charge is 2.19. The second-order valence-electron chi connectivity index (χ2n) is 6.24. The monoisotopic (exact) mass is 345 g/mol. The lowest BCUT2D eigenvalue weighted by Gasteiger charge is -2.24. The molecule has 6 nitrogen and oxygen atoms in total. The van der Waals surface area contributed by atoms with Crippen molar-refractivity contribution in [1.29, 1.82) is 0 Å². The minimum atomic E-state index is 0.0370. The predicted octanol–water partition coefficient (Wildman–Crippen LogP) is 2.23. The van der Waals surface area contributed by atoms with Gasteiger partial charge in [0.25, 0.3) is 0 Å². The maximum absolute atomic E-state index is 12.7. The Bertz CT molecular complexity index is 668. The molecular formula is C19H27N3O3. The van der Waals surface area contributed by atoms with Crippen molar-refractivity contribution in [2.24, 2.45) is 0 Å². The van der Waals surface area contributed by atoms with Crippen molar-refractivity contribution in [2.45, 2.75) is 13.3 Å². The van der Waals surface area contributed by atoms with Crippen LogP contribution in [0.3, 0.4) is 0 Å². The predicted molar refractivity (Wildman–Crippen MR) is 97.4 cm³/mol. The molecule has 0 atom stereocenters. The molecule has 0 aliphatic carbocycles. The van der Waals surface area contributed by atoms with Crippen molar-refractivity contribution in [3.8, 4) is 11.5 Å². The quantitative estimate of drug-likeness (QED) is 0.697. The van der Waals surface area contributed by atoms with Gasteiger partial charge in [-0.15, -0.1) is 0 Å². The van der Waals surface area contributed by atoms with E-state index in [9.17, 15) is 4.79 Å². The Morgan fingerprint density at radius 1 is 1.16 bits per heavy atom. The molecular weight excluding hydrogens is 318 g/mol. The van der Waals surface area contributed by atoms with E-state index in [1.54, 1.807) is 7.11 Å². The Morgan fingerprint density at radius 3 is 2.52 bits per heavy atom. The number of ether oxygens (including phenoxy) is 1. The molecule has 0 radical (unpaired) electrons. The first-order chi connectivity index (χ1) is 12.0. The first kappa shape index (κ1) is 19.1. The Hall–Kier alpha value is -2.18. The van der Waals surface area contributed by atoms with Crippen molar-refractivity contribution < 1.29 is 13.9 Å². The summed E-state index contributed by atoms with van der Waals surface area (Å²) in [7, 11) is 5.63. The molecule has 0 saturated heterocycles. The van der Waals surface area contributed by atoms with E-state index in [4.69, 9.17) is 9.15 Å². The van der Waals surface area contributed by atoms with E-state index in [0.717, 1.165) is 12.1 Å². The third kappa shape index (κ3) is 5.69. The standard InChI is InChI=1S/C19H27N3O3/c1-15-17(20-19(25-15)16-8-6-5-7-9-16)14-18(23)22(12-13-24-4)11-10-21(2)3/h5-9H,10-14H2,1-4H3. The van der Waals surface area contributed by atoms with Gasteiger partial charge in [-0.3, -0.25) is 4.79 Å². The zero-order valence-corrected chi connectivity index (χ0v) is 15.5. The molecule has 1 aromatic heterocycles. The van der Waals surface area contributed by atoms with Gasteiger partial charge < -0.3 is 19.0 Å². The Kier molecular flexibility index (Phi) is 7.16. The number of methoxy groups -OCH3 is 1. The molecule has 2 aromatic rings.